The summed E-state index contributed by atoms with van der Waals surface area (Å²) in [7, 11) is -2.10. The Labute approximate surface area is 139 Å². The van der Waals surface area contributed by atoms with E-state index < -0.39 is 10.0 Å². The van der Waals surface area contributed by atoms with Gasteiger partial charge in [-0.1, -0.05) is 33.8 Å². The number of fused-ring (bicyclic) bond motifs is 1. The lowest BCUT2D eigenvalue weighted by Crippen LogP contribution is -2.34. The standard InChI is InChI=1S/C18H25NO3S/c1-17(2)7-8-18(3,4)16-11-14(12-20)13(10-15(16)17)6-9-23(21,22)19-5/h6,9-12,19H,7-8H2,1-5H3/b9-6+. The van der Waals surface area contributed by atoms with Crippen LogP contribution < -0.4 is 4.72 Å². The van der Waals surface area contributed by atoms with Crippen LogP contribution in [0.3, 0.4) is 0 Å². The molecule has 0 amide bonds. The minimum Gasteiger partial charge on any atom is -0.298 e. The molecule has 0 aliphatic heterocycles. The van der Waals surface area contributed by atoms with E-state index in [0.717, 1.165) is 24.5 Å². The Morgan fingerprint density at radius 2 is 1.48 bits per heavy atom. The minimum absolute atomic E-state index is 0.0107. The van der Waals surface area contributed by atoms with Crippen molar-refractivity contribution in [3.05, 3.63) is 39.8 Å². The van der Waals surface area contributed by atoms with E-state index in [4.69, 9.17) is 0 Å². The average Bonchev–Trinajstić information content (AvgIpc) is 2.49. The fourth-order valence-corrected chi connectivity index (χ4v) is 3.59. The zero-order chi connectivity index (χ0) is 17.5. The second kappa shape index (κ2) is 5.87. The van der Waals surface area contributed by atoms with Crippen molar-refractivity contribution in [3.63, 3.8) is 0 Å². The maximum atomic E-state index is 11.6. The normalized spacial score (nSPS) is 19.5. The lowest BCUT2D eigenvalue weighted by molar-refractivity contribution is 0.112. The van der Waals surface area contributed by atoms with Crippen LogP contribution in [-0.4, -0.2) is 21.8 Å². The van der Waals surface area contributed by atoms with Crippen LogP contribution in [0.2, 0.25) is 0 Å². The van der Waals surface area contributed by atoms with E-state index >= 15 is 0 Å². The van der Waals surface area contributed by atoms with E-state index in [1.807, 2.05) is 12.1 Å². The first-order valence-electron chi connectivity index (χ1n) is 7.78. The van der Waals surface area contributed by atoms with E-state index in [-0.39, 0.29) is 10.8 Å². The zero-order valence-electron chi connectivity index (χ0n) is 14.4. The molecule has 5 heteroatoms. The van der Waals surface area contributed by atoms with Crippen molar-refractivity contribution in [2.45, 2.75) is 51.4 Å². The molecule has 1 aromatic carbocycles. The number of rotatable bonds is 4. The SMILES string of the molecule is CNS(=O)(=O)/C=C/c1cc2c(cc1C=O)C(C)(C)CCC2(C)C. The van der Waals surface area contributed by atoms with Crippen LogP contribution in [0.4, 0.5) is 0 Å². The van der Waals surface area contributed by atoms with E-state index in [1.165, 1.54) is 24.3 Å². The first-order chi connectivity index (χ1) is 10.5. The summed E-state index contributed by atoms with van der Waals surface area (Å²) in [6.07, 6.45) is 4.41. The van der Waals surface area contributed by atoms with E-state index in [9.17, 15) is 13.2 Å². The van der Waals surface area contributed by atoms with Gasteiger partial charge in [-0.25, -0.2) is 13.1 Å². The van der Waals surface area contributed by atoms with E-state index in [2.05, 4.69) is 32.4 Å². The molecule has 0 unspecified atom stereocenters. The Kier molecular flexibility index (Phi) is 4.57. The second-order valence-electron chi connectivity index (χ2n) is 7.46. The number of carbonyl (C=O) groups excluding carboxylic acids is 1. The molecule has 0 saturated heterocycles. The van der Waals surface area contributed by atoms with Gasteiger partial charge in [-0.15, -0.1) is 0 Å². The van der Waals surface area contributed by atoms with E-state index in [1.54, 1.807) is 0 Å². The fourth-order valence-electron chi connectivity index (χ4n) is 3.12. The summed E-state index contributed by atoms with van der Waals surface area (Å²) in [6.45, 7) is 8.77. The summed E-state index contributed by atoms with van der Waals surface area (Å²) in [4.78, 5) is 11.5. The molecule has 1 aliphatic rings. The van der Waals surface area contributed by atoms with Gasteiger partial charge >= 0.3 is 0 Å². The van der Waals surface area contributed by atoms with Gasteiger partial charge in [0.15, 0.2) is 6.29 Å². The third-order valence-corrected chi connectivity index (χ3v) is 5.96. The van der Waals surface area contributed by atoms with Gasteiger partial charge in [0.2, 0.25) is 10.0 Å². The third-order valence-electron chi connectivity index (χ3n) is 4.89. The molecule has 0 heterocycles. The number of sulfonamides is 1. The zero-order valence-corrected chi connectivity index (χ0v) is 15.3. The smallest absolute Gasteiger partial charge is 0.233 e. The van der Waals surface area contributed by atoms with Gasteiger partial charge in [0.25, 0.3) is 0 Å². The first kappa shape index (κ1) is 17.9. The van der Waals surface area contributed by atoms with Crippen molar-refractivity contribution in [3.8, 4) is 0 Å². The van der Waals surface area contributed by atoms with Crippen molar-refractivity contribution < 1.29 is 13.2 Å². The van der Waals surface area contributed by atoms with Crippen LogP contribution in [-0.2, 0) is 20.9 Å². The number of aldehydes is 1. The molecule has 0 bridgehead atoms. The number of nitrogens with one attached hydrogen (secondary N) is 1. The molecule has 0 spiro atoms. The maximum Gasteiger partial charge on any atom is 0.233 e. The van der Waals surface area contributed by atoms with Crippen molar-refractivity contribution in [2.75, 3.05) is 7.05 Å². The van der Waals surface area contributed by atoms with Gasteiger partial charge in [-0.05, 0) is 59.6 Å². The fraction of sp³-hybridized carbons (Fsp3) is 0.500. The summed E-state index contributed by atoms with van der Waals surface area (Å²) in [5.74, 6) is 0. The molecule has 0 saturated carbocycles. The van der Waals surface area contributed by atoms with Gasteiger partial charge in [-0.2, -0.15) is 0 Å². The molecule has 1 aromatic rings. The van der Waals surface area contributed by atoms with Crippen LogP contribution >= 0.6 is 0 Å². The van der Waals surface area contributed by atoms with Crippen molar-refractivity contribution in [2.24, 2.45) is 0 Å². The number of carbonyl (C=O) groups is 1. The topological polar surface area (TPSA) is 63.2 Å². The number of benzene rings is 1. The Hall–Kier alpha value is -1.46. The van der Waals surface area contributed by atoms with Crippen molar-refractivity contribution >= 4 is 22.4 Å². The lowest BCUT2D eigenvalue weighted by atomic mass is 9.62. The molecule has 2 rings (SSSR count). The highest BCUT2D eigenvalue weighted by molar-refractivity contribution is 7.92. The molecular formula is C18H25NO3S. The van der Waals surface area contributed by atoms with Gasteiger partial charge in [0.05, 0.1) is 0 Å². The Bertz CT molecular complexity index is 759. The average molecular weight is 335 g/mol. The molecule has 0 aromatic heterocycles. The summed E-state index contributed by atoms with van der Waals surface area (Å²) in [6, 6.07) is 3.90. The summed E-state index contributed by atoms with van der Waals surface area (Å²) in [5.41, 5.74) is 3.57. The lowest BCUT2D eigenvalue weighted by Gasteiger charge is -2.42. The molecule has 23 heavy (non-hydrogen) atoms. The third kappa shape index (κ3) is 3.56. The molecule has 0 atom stereocenters. The highest BCUT2D eigenvalue weighted by Gasteiger charge is 2.37. The Morgan fingerprint density at radius 1 is 1.00 bits per heavy atom. The second-order valence-corrected chi connectivity index (χ2v) is 9.23. The van der Waals surface area contributed by atoms with Crippen LogP contribution in [0.1, 0.15) is 67.6 Å². The molecule has 1 N–H and O–H groups in total. The van der Waals surface area contributed by atoms with Crippen LogP contribution in [0, 0.1) is 0 Å². The Balaban J connectivity index is 2.65. The quantitative estimate of drug-likeness (QED) is 0.858. The molecule has 0 radical (unpaired) electrons. The highest BCUT2D eigenvalue weighted by Crippen LogP contribution is 2.46. The van der Waals surface area contributed by atoms with Crippen molar-refractivity contribution in [1.29, 1.82) is 0 Å². The molecule has 0 fully saturated rings. The predicted octanol–water partition coefficient (Wildman–Crippen LogP) is 3.37. The molecule has 126 valence electrons. The van der Waals surface area contributed by atoms with Gasteiger partial charge in [0, 0.05) is 11.0 Å². The number of hydrogen-bond donors (Lipinski definition) is 1. The summed E-state index contributed by atoms with van der Waals surface area (Å²) in [5, 5.41) is 1.10. The number of hydrogen-bond acceptors (Lipinski definition) is 3. The van der Waals surface area contributed by atoms with Crippen molar-refractivity contribution in [1.82, 2.24) is 4.72 Å². The van der Waals surface area contributed by atoms with Gasteiger partial charge in [0.1, 0.15) is 0 Å². The first-order valence-corrected chi connectivity index (χ1v) is 9.33. The summed E-state index contributed by atoms with van der Waals surface area (Å²) < 4.78 is 25.4. The maximum absolute atomic E-state index is 11.6. The largest absolute Gasteiger partial charge is 0.298 e. The highest BCUT2D eigenvalue weighted by atomic mass is 32.2. The van der Waals surface area contributed by atoms with Crippen LogP contribution in [0.15, 0.2) is 17.5 Å². The van der Waals surface area contributed by atoms with E-state index in [0.29, 0.717) is 11.1 Å². The Morgan fingerprint density at radius 3 is 1.91 bits per heavy atom. The van der Waals surface area contributed by atoms with Gasteiger partial charge in [-0.3, -0.25) is 4.79 Å². The minimum atomic E-state index is -3.46. The predicted molar refractivity (Wildman–Crippen MR) is 94.1 cm³/mol. The van der Waals surface area contributed by atoms with Crippen LogP contribution in [0.25, 0.3) is 6.08 Å². The van der Waals surface area contributed by atoms with Crippen LogP contribution in [0.5, 0.6) is 0 Å². The monoisotopic (exact) mass is 335 g/mol. The molecular weight excluding hydrogens is 310 g/mol. The van der Waals surface area contributed by atoms with Gasteiger partial charge < -0.3 is 0 Å². The molecule has 4 nitrogen and oxygen atoms in total. The summed E-state index contributed by atoms with van der Waals surface area (Å²) >= 11 is 0. The molecule has 1 aliphatic carbocycles.